The van der Waals surface area contributed by atoms with Gasteiger partial charge in [0.15, 0.2) is 0 Å². The van der Waals surface area contributed by atoms with Crippen LogP contribution in [0.2, 0.25) is 5.02 Å². The molecule has 1 saturated heterocycles. The third-order valence-corrected chi connectivity index (χ3v) is 4.49. The topological polar surface area (TPSA) is 76.0 Å². The molecule has 132 valence electrons. The van der Waals surface area contributed by atoms with Gasteiger partial charge in [-0.25, -0.2) is 4.68 Å². The van der Waals surface area contributed by atoms with Gasteiger partial charge in [-0.3, -0.25) is 9.59 Å². The molecule has 3 rings (SSSR count). The van der Waals surface area contributed by atoms with E-state index >= 15 is 0 Å². The van der Waals surface area contributed by atoms with Crippen molar-refractivity contribution in [2.75, 3.05) is 6.54 Å². The Morgan fingerprint density at radius 3 is 2.88 bits per heavy atom. The molecule has 1 aliphatic rings. The third-order valence-electron chi connectivity index (χ3n) is 4.25. The maximum absolute atomic E-state index is 12.7. The number of carbonyl (C=O) groups is 2. The predicted octanol–water partition coefficient (Wildman–Crippen LogP) is 2.66. The van der Waals surface area contributed by atoms with E-state index in [0.29, 0.717) is 30.0 Å². The Balaban J connectivity index is 1.86. The van der Waals surface area contributed by atoms with Gasteiger partial charge >= 0.3 is 0 Å². The average molecular weight is 361 g/mol. The van der Waals surface area contributed by atoms with Crippen LogP contribution in [0, 0.1) is 0 Å². The van der Waals surface area contributed by atoms with Gasteiger partial charge in [0.05, 0.1) is 23.1 Å². The molecule has 25 heavy (non-hydrogen) atoms. The summed E-state index contributed by atoms with van der Waals surface area (Å²) in [5.74, 6) is -0.0337. The molecule has 0 bridgehead atoms. The molecule has 0 radical (unpaired) electrons. The lowest BCUT2D eigenvalue weighted by Gasteiger charge is -2.23. The van der Waals surface area contributed by atoms with E-state index < -0.39 is 0 Å². The van der Waals surface area contributed by atoms with Crippen LogP contribution in [0.15, 0.2) is 30.5 Å². The molecule has 0 spiro atoms. The van der Waals surface area contributed by atoms with Crippen LogP contribution < -0.4 is 10.6 Å². The van der Waals surface area contributed by atoms with Crippen LogP contribution in [0.1, 0.15) is 48.7 Å². The third kappa shape index (κ3) is 3.85. The zero-order chi connectivity index (χ0) is 18.0. The van der Waals surface area contributed by atoms with Gasteiger partial charge in [0.2, 0.25) is 5.91 Å². The number of benzene rings is 1. The van der Waals surface area contributed by atoms with E-state index in [-0.39, 0.29) is 23.8 Å². The molecule has 1 aromatic heterocycles. The van der Waals surface area contributed by atoms with Gasteiger partial charge in [-0.2, -0.15) is 5.10 Å². The minimum Gasteiger partial charge on any atom is -0.354 e. The Morgan fingerprint density at radius 1 is 1.44 bits per heavy atom. The Bertz CT molecular complexity index is 790. The van der Waals surface area contributed by atoms with E-state index in [1.807, 2.05) is 32.0 Å². The summed E-state index contributed by atoms with van der Waals surface area (Å²) in [6.07, 6.45) is 2.67. The summed E-state index contributed by atoms with van der Waals surface area (Å²) in [7, 11) is 0. The van der Waals surface area contributed by atoms with Crippen molar-refractivity contribution >= 4 is 23.4 Å². The van der Waals surface area contributed by atoms with Gasteiger partial charge in [-0.1, -0.05) is 31.5 Å². The molecule has 1 atom stereocenters. The molecule has 6 nitrogen and oxygen atoms in total. The largest absolute Gasteiger partial charge is 0.354 e. The lowest BCUT2D eigenvalue weighted by Crippen LogP contribution is -2.47. The number of carbonyl (C=O) groups excluding carboxylic acids is 2. The second-order valence-electron chi connectivity index (χ2n) is 6.50. The Kier molecular flexibility index (Phi) is 5.08. The zero-order valence-corrected chi connectivity index (χ0v) is 15.0. The number of hydrogen-bond acceptors (Lipinski definition) is 3. The van der Waals surface area contributed by atoms with Crippen molar-refractivity contribution in [2.24, 2.45) is 0 Å². The summed E-state index contributed by atoms with van der Waals surface area (Å²) in [5, 5.41) is 10.8. The van der Waals surface area contributed by atoms with Gasteiger partial charge in [0, 0.05) is 24.0 Å². The van der Waals surface area contributed by atoms with Crippen molar-refractivity contribution in [3.05, 3.63) is 46.7 Å². The van der Waals surface area contributed by atoms with Crippen LogP contribution in [0.25, 0.3) is 5.69 Å². The number of aromatic nitrogens is 2. The first kappa shape index (κ1) is 17.5. The molecule has 2 aromatic rings. The summed E-state index contributed by atoms with van der Waals surface area (Å²) in [6.45, 7) is 4.51. The molecular formula is C18H21ClN4O2. The number of nitrogens with zero attached hydrogens (tertiary/aromatic N) is 2. The number of hydrogen-bond donors (Lipinski definition) is 2. The summed E-state index contributed by atoms with van der Waals surface area (Å²) >= 11 is 6.08. The summed E-state index contributed by atoms with van der Waals surface area (Å²) < 4.78 is 1.76. The van der Waals surface area contributed by atoms with Crippen LogP contribution in [-0.2, 0) is 4.79 Å². The fourth-order valence-electron chi connectivity index (χ4n) is 3.02. The van der Waals surface area contributed by atoms with E-state index in [1.165, 1.54) is 0 Å². The molecule has 1 unspecified atom stereocenters. The number of amides is 2. The number of rotatable bonds is 4. The first-order valence-electron chi connectivity index (χ1n) is 8.37. The van der Waals surface area contributed by atoms with Crippen LogP contribution in [0.3, 0.4) is 0 Å². The van der Waals surface area contributed by atoms with Crippen LogP contribution in [0.4, 0.5) is 0 Å². The minimum absolute atomic E-state index is 0.0298. The molecule has 1 fully saturated rings. The van der Waals surface area contributed by atoms with Gasteiger partial charge in [0.25, 0.3) is 5.91 Å². The standard InChI is InChI=1S/C18H21ClN4O2/c1-11(2)17-15(18(25)22-13-6-7-16(24)20-9-13)10-21-23(17)14-5-3-4-12(19)8-14/h3-5,8,10-11,13H,6-7,9H2,1-2H3,(H,20,24)(H,22,25). The fourth-order valence-corrected chi connectivity index (χ4v) is 3.21. The molecule has 2 heterocycles. The first-order valence-corrected chi connectivity index (χ1v) is 8.75. The van der Waals surface area contributed by atoms with Crippen LogP contribution in [0.5, 0.6) is 0 Å². The highest BCUT2D eigenvalue weighted by Crippen LogP contribution is 2.24. The normalized spacial score (nSPS) is 17.4. The van der Waals surface area contributed by atoms with Crippen molar-refractivity contribution in [1.29, 1.82) is 0 Å². The lowest BCUT2D eigenvalue weighted by atomic mass is 10.0. The highest BCUT2D eigenvalue weighted by molar-refractivity contribution is 6.30. The monoisotopic (exact) mass is 360 g/mol. The highest BCUT2D eigenvalue weighted by atomic mass is 35.5. The van der Waals surface area contributed by atoms with Crippen molar-refractivity contribution in [3.63, 3.8) is 0 Å². The second-order valence-corrected chi connectivity index (χ2v) is 6.94. The lowest BCUT2D eigenvalue weighted by molar-refractivity contribution is -0.122. The van der Waals surface area contributed by atoms with Gasteiger partial charge in [-0.05, 0) is 30.5 Å². The van der Waals surface area contributed by atoms with Gasteiger partial charge < -0.3 is 10.6 Å². The molecule has 2 amide bonds. The molecule has 2 N–H and O–H groups in total. The summed E-state index contributed by atoms with van der Waals surface area (Å²) in [6, 6.07) is 7.32. The Labute approximate surface area is 151 Å². The van der Waals surface area contributed by atoms with Crippen molar-refractivity contribution < 1.29 is 9.59 Å². The van der Waals surface area contributed by atoms with Crippen LogP contribution in [-0.4, -0.2) is 34.2 Å². The molecule has 1 aromatic carbocycles. The molecule has 0 saturated carbocycles. The second kappa shape index (κ2) is 7.27. The molecular weight excluding hydrogens is 340 g/mol. The van der Waals surface area contributed by atoms with Crippen molar-refractivity contribution in [1.82, 2.24) is 20.4 Å². The number of nitrogens with one attached hydrogen (secondary N) is 2. The average Bonchev–Trinajstić information content (AvgIpc) is 3.02. The van der Waals surface area contributed by atoms with E-state index in [1.54, 1.807) is 16.9 Å². The van der Waals surface area contributed by atoms with Crippen molar-refractivity contribution in [2.45, 2.75) is 38.6 Å². The Morgan fingerprint density at radius 2 is 2.24 bits per heavy atom. The fraction of sp³-hybridized carbons (Fsp3) is 0.389. The maximum Gasteiger partial charge on any atom is 0.255 e. The van der Waals surface area contributed by atoms with E-state index in [9.17, 15) is 9.59 Å². The minimum atomic E-state index is -0.168. The predicted molar refractivity (Wildman–Crippen MR) is 96.2 cm³/mol. The van der Waals surface area contributed by atoms with Gasteiger partial charge in [-0.15, -0.1) is 0 Å². The Hall–Kier alpha value is -2.34. The maximum atomic E-state index is 12.7. The molecule has 0 aliphatic carbocycles. The van der Waals surface area contributed by atoms with E-state index in [2.05, 4.69) is 15.7 Å². The highest BCUT2D eigenvalue weighted by Gasteiger charge is 2.25. The van der Waals surface area contributed by atoms with E-state index in [0.717, 1.165) is 11.4 Å². The smallest absolute Gasteiger partial charge is 0.255 e. The van der Waals surface area contributed by atoms with Crippen LogP contribution >= 0.6 is 11.6 Å². The van der Waals surface area contributed by atoms with E-state index in [4.69, 9.17) is 11.6 Å². The van der Waals surface area contributed by atoms with Crippen molar-refractivity contribution in [3.8, 4) is 5.69 Å². The van der Waals surface area contributed by atoms with Gasteiger partial charge in [0.1, 0.15) is 0 Å². The number of halogens is 1. The zero-order valence-electron chi connectivity index (χ0n) is 14.3. The quantitative estimate of drug-likeness (QED) is 0.880. The summed E-state index contributed by atoms with van der Waals surface area (Å²) in [5.41, 5.74) is 2.20. The molecule has 1 aliphatic heterocycles. The SMILES string of the molecule is CC(C)c1c(C(=O)NC2CCC(=O)NC2)cnn1-c1cccc(Cl)c1. The first-order chi connectivity index (χ1) is 12.0. The molecule has 7 heteroatoms. The number of piperidine rings is 1. The summed E-state index contributed by atoms with van der Waals surface area (Å²) in [4.78, 5) is 24.0.